The first-order valence-corrected chi connectivity index (χ1v) is 6.53. The standard InChI is InChI=1S/C13H24N4O/c1-11(2)8-15-13(18)5-7-14-6-4-12-9-16-17(3)10-12/h9-11,14H,4-8H2,1-3H3,(H,15,18). The van der Waals surface area contributed by atoms with E-state index in [0.717, 1.165) is 26.1 Å². The molecule has 0 saturated heterocycles. The Hall–Kier alpha value is -1.36. The lowest BCUT2D eigenvalue weighted by Crippen LogP contribution is -2.30. The summed E-state index contributed by atoms with van der Waals surface area (Å²) in [5.41, 5.74) is 1.22. The van der Waals surface area contributed by atoms with Gasteiger partial charge in [0.15, 0.2) is 0 Å². The zero-order valence-corrected chi connectivity index (χ0v) is 11.6. The molecule has 0 aliphatic rings. The predicted molar refractivity (Wildman–Crippen MR) is 72.2 cm³/mol. The molecule has 1 aromatic rings. The molecule has 0 aromatic carbocycles. The van der Waals surface area contributed by atoms with Gasteiger partial charge in [-0.2, -0.15) is 5.10 Å². The quantitative estimate of drug-likeness (QED) is 0.670. The van der Waals surface area contributed by atoms with Gasteiger partial charge in [-0.3, -0.25) is 9.48 Å². The maximum Gasteiger partial charge on any atom is 0.221 e. The smallest absolute Gasteiger partial charge is 0.221 e. The number of hydrogen-bond acceptors (Lipinski definition) is 3. The first kappa shape index (κ1) is 14.7. The molecule has 0 bridgehead atoms. The van der Waals surface area contributed by atoms with Crippen molar-refractivity contribution in [2.24, 2.45) is 13.0 Å². The highest BCUT2D eigenvalue weighted by molar-refractivity contribution is 5.76. The van der Waals surface area contributed by atoms with E-state index in [-0.39, 0.29) is 5.91 Å². The largest absolute Gasteiger partial charge is 0.356 e. The fraction of sp³-hybridized carbons (Fsp3) is 0.692. The van der Waals surface area contributed by atoms with E-state index in [0.29, 0.717) is 12.3 Å². The molecule has 1 heterocycles. The van der Waals surface area contributed by atoms with E-state index in [1.165, 1.54) is 5.56 Å². The average molecular weight is 252 g/mol. The van der Waals surface area contributed by atoms with Crippen LogP contribution in [0.1, 0.15) is 25.8 Å². The van der Waals surface area contributed by atoms with Crippen molar-refractivity contribution in [2.45, 2.75) is 26.7 Å². The fourth-order valence-corrected chi connectivity index (χ4v) is 1.57. The molecule has 102 valence electrons. The molecular weight excluding hydrogens is 228 g/mol. The highest BCUT2D eigenvalue weighted by atomic mass is 16.1. The van der Waals surface area contributed by atoms with Gasteiger partial charge in [-0.25, -0.2) is 0 Å². The Morgan fingerprint density at radius 1 is 1.44 bits per heavy atom. The summed E-state index contributed by atoms with van der Waals surface area (Å²) < 4.78 is 1.80. The van der Waals surface area contributed by atoms with Gasteiger partial charge < -0.3 is 10.6 Å². The predicted octanol–water partition coefficient (Wildman–Crippen LogP) is 0.715. The average Bonchev–Trinajstić information content (AvgIpc) is 2.72. The Bertz CT molecular complexity index is 360. The number of rotatable bonds is 8. The second kappa shape index (κ2) is 7.87. The number of carbonyl (C=O) groups excluding carboxylic acids is 1. The topological polar surface area (TPSA) is 59.0 Å². The van der Waals surface area contributed by atoms with E-state index < -0.39 is 0 Å². The Labute approximate surface area is 109 Å². The van der Waals surface area contributed by atoms with Crippen LogP contribution in [-0.2, 0) is 18.3 Å². The molecular formula is C13H24N4O. The maximum atomic E-state index is 11.4. The Morgan fingerprint density at radius 3 is 2.83 bits per heavy atom. The number of nitrogens with zero attached hydrogens (tertiary/aromatic N) is 2. The van der Waals surface area contributed by atoms with E-state index in [1.54, 1.807) is 4.68 Å². The van der Waals surface area contributed by atoms with Gasteiger partial charge in [-0.1, -0.05) is 13.8 Å². The second-order valence-corrected chi connectivity index (χ2v) is 4.97. The van der Waals surface area contributed by atoms with Crippen molar-refractivity contribution in [2.75, 3.05) is 19.6 Å². The van der Waals surface area contributed by atoms with Crippen molar-refractivity contribution >= 4 is 5.91 Å². The first-order valence-electron chi connectivity index (χ1n) is 6.53. The van der Waals surface area contributed by atoms with Crippen molar-refractivity contribution < 1.29 is 4.79 Å². The van der Waals surface area contributed by atoms with E-state index in [2.05, 4.69) is 29.6 Å². The molecule has 0 unspecified atom stereocenters. The third-order valence-electron chi connectivity index (χ3n) is 2.59. The molecule has 0 fully saturated rings. The molecule has 5 nitrogen and oxygen atoms in total. The van der Waals surface area contributed by atoms with Crippen molar-refractivity contribution in [3.05, 3.63) is 18.0 Å². The normalized spacial score (nSPS) is 10.9. The summed E-state index contributed by atoms with van der Waals surface area (Å²) >= 11 is 0. The monoisotopic (exact) mass is 252 g/mol. The summed E-state index contributed by atoms with van der Waals surface area (Å²) in [6, 6.07) is 0. The van der Waals surface area contributed by atoms with Crippen LogP contribution in [0.15, 0.2) is 12.4 Å². The molecule has 2 N–H and O–H groups in total. The molecule has 0 radical (unpaired) electrons. The minimum Gasteiger partial charge on any atom is -0.356 e. The van der Waals surface area contributed by atoms with Crippen LogP contribution >= 0.6 is 0 Å². The van der Waals surface area contributed by atoms with Crippen LogP contribution in [0.4, 0.5) is 0 Å². The molecule has 0 spiro atoms. The SMILES string of the molecule is CC(C)CNC(=O)CCNCCc1cnn(C)c1. The van der Waals surface area contributed by atoms with Crippen LogP contribution in [0.25, 0.3) is 0 Å². The summed E-state index contributed by atoms with van der Waals surface area (Å²) in [6.45, 7) is 6.54. The first-order chi connectivity index (χ1) is 8.58. The van der Waals surface area contributed by atoms with Crippen LogP contribution in [0.5, 0.6) is 0 Å². The molecule has 0 saturated carbocycles. The molecule has 5 heteroatoms. The maximum absolute atomic E-state index is 11.4. The second-order valence-electron chi connectivity index (χ2n) is 4.97. The summed E-state index contributed by atoms with van der Waals surface area (Å²) in [7, 11) is 1.91. The Kier molecular flexibility index (Phi) is 6.43. The minimum absolute atomic E-state index is 0.123. The van der Waals surface area contributed by atoms with Crippen molar-refractivity contribution in [1.82, 2.24) is 20.4 Å². The van der Waals surface area contributed by atoms with Gasteiger partial charge >= 0.3 is 0 Å². The number of aryl methyl sites for hydroxylation is 1. The molecule has 18 heavy (non-hydrogen) atoms. The van der Waals surface area contributed by atoms with Crippen LogP contribution in [-0.4, -0.2) is 35.3 Å². The fourth-order valence-electron chi connectivity index (χ4n) is 1.57. The van der Waals surface area contributed by atoms with Crippen LogP contribution in [0.2, 0.25) is 0 Å². The van der Waals surface area contributed by atoms with E-state index in [9.17, 15) is 4.79 Å². The molecule has 1 aromatic heterocycles. The summed E-state index contributed by atoms with van der Waals surface area (Å²) in [6.07, 6.45) is 5.37. The summed E-state index contributed by atoms with van der Waals surface area (Å²) in [5, 5.41) is 10.3. The van der Waals surface area contributed by atoms with Crippen LogP contribution in [0, 0.1) is 5.92 Å². The lowest BCUT2D eigenvalue weighted by atomic mass is 10.2. The number of amides is 1. The zero-order chi connectivity index (χ0) is 13.4. The number of nitrogens with one attached hydrogen (secondary N) is 2. The Balaban J connectivity index is 2.00. The number of aromatic nitrogens is 2. The lowest BCUT2D eigenvalue weighted by molar-refractivity contribution is -0.121. The lowest BCUT2D eigenvalue weighted by Gasteiger charge is -2.08. The van der Waals surface area contributed by atoms with E-state index >= 15 is 0 Å². The molecule has 0 aliphatic heterocycles. The highest BCUT2D eigenvalue weighted by Crippen LogP contribution is 1.96. The molecule has 0 aliphatic carbocycles. The molecule has 1 amide bonds. The summed E-state index contributed by atoms with van der Waals surface area (Å²) in [5.74, 6) is 0.630. The number of hydrogen-bond donors (Lipinski definition) is 2. The van der Waals surface area contributed by atoms with Gasteiger partial charge in [-0.05, 0) is 24.4 Å². The van der Waals surface area contributed by atoms with Gasteiger partial charge in [0.05, 0.1) is 6.20 Å². The van der Waals surface area contributed by atoms with Gasteiger partial charge in [-0.15, -0.1) is 0 Å². The van der Waals surface area contributed by atoms with Crippen molar-refractivity contribution in [3.8, 4) is 0 Å². The molecule has 1 rings (SSSR count). The van der Waals surface area contributed by atoms with Gasteiger partial charge in [0.25, 0.3) is 0 Å². The van der Waals surface area contributed by atoms with Crippen molar-refractivity contribution in [3.63, 3.8) is 0 Å². The van der Waals surface area contributed by atoms with Gasteiger partial charge in [0, 0.05) is 32.8 Å². The highest BCUT2D eigenvalue weighted by Gasteiger charge is 2.01. The van der Waals surface area contributed by atoms with Crippen LogP contribution in [0.3, 0.4) is 0 Å². The van der Waals surface area contributed by atoms with E-state index in [4.69, 9.17) is 0 Å². The third-order valence-corrected chi connectivity index (χ3v) is 2.59. The summed E-state index contributed by atoms with van der Waals surface area (Å²) in [4.78, 5) is 11.4. The minimum atomic E-state index is 0.123. The van der Waals surface area contributed by atoms with Crippen LogP contribution < -0.4 is 10.6 Å². The van der Waals surface area contributed by atoms with Crippen molar-refractivity contribution in [1.29, 1.82) is 0 Å². The van der Waals surface area contributed by atoms with Gasteiger partial charge in [0.1, 0.15) is 0 Å². The van der Waals surface area contributed by atoms with E-state index in [1.807, 2.05) is 19.4 Å². The third kappa shape index (κ3) is 6.39. The number of carbonyl (C=O) groups is 1. The Morgan fingerprint density at radius 2 is 2.22 bits per heavy atom. The zero-order valence-electron chi connectivity index (χ0n) is 11.6. The molecule has 0 atom stereocenters. The van der Waals surface area contributed by atoms with Gasteiger partial charge in [0.2, 0.25) is 5.91 Å².